The Bertz CT molecular complexity index is 574. The topological polar surface area (TPSA) is 87.2 Å². The lowest BCUT2D eigenvalue weighted by molar-refractivity contribution is 0.0408. The minimum atomic E-state index is -0.928. The van der Waals surface area contributed by atoms with E-state index in [1.807, 2.05) is 12.1 Å². The SMILES string of the molecule is COc1ncccc1CN1CCC(O)(c2cn[nH]n2)C1. The third kappa shape index (κ3) is 2.37. The van der Waals surface area contributed by atoms with Crippen LogP contribution in [0.5, 0.6) is 5.88 Å². The second-order valence-corrected chi connectivity index (χ2v) is 5.02. The minimum absolute atomic E-state index is 0.525. The largest absolute Gasteiger partial charge is 0.481 e. The Morgan fingerprint density at radius 1 is 1.55 bits per heavy atom. The Morgan fingerprint density at radius 2 is 2.45 bits per heavy atom. The summed E-state index contributed by atoms with van der Waals surface area (Å²) < 4.78 is 5.25. The van der Waals surface area contributed by atoms with Crippen LogP contribution in [0.3, 0.4) is 0 Å². The number of ether oxygens (including phenoxy) is 1. The van der Waals surface area contributed by atoms with E-state index in [1.165, 1.54) is 0 Å². The van der Waals surface area contributed by atoms with Crippen LogP contribution in [0.25, 0.3) is 0 Å². The Hall–Kier alpha value is -1.99. The summed E-state index contributed by atoms with van der Waals surface area (Å²) in [5, 5.41) is 20.9. The molecule has 3 rings (SSSR count). The number of nitrogens with zero attached hydrogens (tertiary/aromatic N) is 4. The molecule has 0 aliphatic carbocycles. The summed E-state index contributed by atoms with van der Waals surface area (Å²) in [6, 6.07) is 3.87. The number of aromatic amines is 1. The fourth-order valence-corrected chi connectivity index (χ4v) is 2.61. The van der Waals surface area contributed by atoms with Crippen LogP contribution in [0.15, 0.2) is 24.5 Å². The van der Waals surface area contributed by atoms with E-state index in [9.17, 15) is 5.11 Å². The average Bonchev–Trinajstić information content (AvgIpc) is 3.10. The zero-order chi connectivity index (χ0) is 14.0. The lowest BCUT2D eigenvalue weighted by Crippen LogP contribution is -2.31. The first kappa shape index (κ1) is 13.0. The van der Waals surface area contributed by atoms with E-state index in [4.69, 9.17) is 4.74 Å². The number of β-amino-alcohol motifs (C(OH)–C–C–N with tert-alkyl or cyclic N) is 1. The Morgan fingerprint density at radius 3 is 3.20 bits per heavy atom. The van der Waals surface area contributed by atoms with E-state index in [1.54, 1.807) is 19.5 Å². The Balaban J connectivity index is 1.72. The van der Waals surface area contributed by atoms with Crippen molar-refractivity contribution in [3.63, 3.8) is 0 Å². The standard InChI is InChI=1S/C13H17N5O2/c1-20-12-10(3-2-5-14-12)8-18-6-4-13(19,9-18)11-7-15-17-16-11/h2-3,5,7,19H,4,6,8-9H2,1H3,(H,15,16,17). The fourth-order valence-electron chi connectivity index (χ4n) is 2.61. The van der Waals surface area contributed by atoms with Crippen LogP contribution in [0, 0.1) is 0 Å². The van der Waals surface area contributed by atoms with Crippen LogP contribution >= 0.6 is 0 Å². The van der Waals surface area contributed by atoms with Crippen molar-refractivity contribution >= 4 is 0 Å². The Kier molecular flexibility index (Phi) is 3.37. The van der Waals surface area contributed by atoms with Crippen LogP contribution in [-0.2, 0) is 12.1 Å². The van der Waals surface area contributed by atoms with Gasteiger partial charge in [0.15, 0.2) is 0 Å². The van der Waals surface area contributed by atoms with Gasteiger partial charge in [-0.25, -0.2) is 4.98 Å². The molecule has 0 amide bonds. The van der Waals surface area contributed by atoms with Gasteiger partial charge in [0, 0.05) is 31.4 Å². The van der Waals surface area contributed by atoms with Crippen molar-refractivity contribution < 1.29 is 9.84 Å². The van der Waals surface area contributed by atoms with Crippen molar-refractivity contribution in [2.45, 2.75) is 18.6 Å². The fraction of sp³-hybridized carbons (Fsp3) is 0.462. The molecule has 106 valence electrons. The van der Waals surface area contributed by atoms with Crippen molar-refractivity contribution in [1.29, 1.82) is 0 Å². The molecule has 1 atom stereocenters. The summed E-state index contributed by atoms with van der Waals surface area (Å²) in [6.45, 7) is 2.01. The predicted octanol–water partition coefficient (Wildman–Crippen LogP) is 0.302. The number of aliphatic hydroxyl groups is 1. The summed E-state index contributed by atoms with van der Waals surface area (Å²) in [5.74, 6) is 0.629. The minimum Gasteiger partial charge on any atom is -0.481 e. The van der Waals surface area contributed by atoms with Gasteiger partial charge >= 0.3 is 0 Å². The Labute approximate surface area is 116 Å². The van der Waals surface area contributed by atoms with Gasteiger partial charge in [0.2, 0.25) is 5.88 Å². The molecule has 20 heavy (non-hydrogen) atoms. The van der Waals surface area contributed by atoms with Crippen LogP contribution in [0.4, 0.5) is 0 Å². The van der Waals surface area contributed by atoms with Gasteiger partial charge in [0.1, 0.15) is 11.3 Å². The highest BCUT2D eigenvalue weighted by atomic mass is 16.5. The number of nitrogens with one attached hydrogen (secondary N) is 1. The lowest BCUT2D eigenvalue weighted by atomic mass is 10.00. The number of aromatic nitrogens is 4. The summed E-state index contributed by atoms with van der Waals surface area (Å²) in [6.07, 6.45) is 3.92. The number of pyridine rings is 1. The highest BCUT2D eigenvalue weighted by Crippen LogP contribution is 2.31. The molecule has 0 saturated carbocycles. The molecule has 1 saturated heterocycles. The van der Waals surface area contributed by atoms with Gasteiger partial charge in [-0.3, -0.25) is 4.90 Å². The smallest absolute Gasteiger partial charge is 0.217 e. The first-order valence-electron chi connectivity index (χ1n) is 6.50. The van der Waals surface area contributed by atoms with Crippen molar-refractivity contribution in [2.24, 2.45) is 0 Å². The molecule has 0 radical (unpaired) electrons. The van der Waals surface area contributed by atoms with Gasteiger partial charge in [-0.05, 0) is 12.5 Å². The molecule has 2 N–H and O–H groups in total. The van der Waals surface area contributed by atoms with Gasteiger partial charge in [-0.1, -0.05) is 6.07 Å². The number of rotatable bonds is 4. The number of H-pyrrole nitrogens is 1. The molecule has 7 nitrogen and oxygen atoms in total. The van der Waals surface area contributed by atoms with E-state index >= 15 is 0 Å². The maximum atomic E-state index is 10.6. The number of methoxy groups -OCH3 is 1. The number of hydrogen-bond acceptors (Lipinski definition) is 6. The quantitative estimate of drug-likeness (QED) is 0.834. The second-order valence-electron chi connectivity index (χ2n) is 5.02. The number of likely N-dealkylation sites (tertiary alicyclic amines) is 1. The van der Waals surface area contributed by atoms with Crippen molar-refractivity contribution in [3.05, 3.63) is 35.8 Å². The first-order chi connectivity index (χ1) is 9.71. The van der Waals surface area contributed by atoms with Crippen LogP contribution in [0.1, 0.15) is 17.7 Å². The summed E-state index contributed by atoms with van der Waals surface area (Å²) >= 11 is 0. The van der Waals surface area contributed by atoms with Crippen LogP contribution < -0.4 is 4.74 Å². The zero-order valence-electron chi connectivity index (χ0n) is 11.3. The lowest BCUT2D eigenvalue weighted by Gasteiger charge is -2.21. The van der Waals surface area contributed by atoms with E-state index in [0.29, 0.717) is 31.1 Å². The maximum Gasteiger partial charge on any atom is 0.217 e. The van der Waals surface area contributed by atoms with Gasteiger partial charge in [-0.15, -0.1) is 0 Å². The summed E-state index contributed by atoms with van der Waals surface area (Å²) in [7, 11) is 1.61. The summed E-state index contributed by atoms with van der Waals surface area (Å²) in [5.41, 5.74) is 0.681. The molecule has 3 heterocycles. The van der Waals surface area contributed by atoms with Gasteiger partial charge in [0.25, 0.3) is 0 Å². The molecule has 2 aromatic heterocycles. The molecule has 0 spiro atoms. The molecule has 1 aliphatic rings. The summed E-state index contributed by atoms with van der Waals surface area (Å²) in [4.78, 5) is 6.35. The highest BCUT2D eigenvalue weighted by Gasteiger charge is 2.39. The molecule has 1 fully saturated rings. The number of hydrogen-bond donors (Lipinski definition) is 2. The first-order valence-corrected chi connectivity index (χ1v) is 6.50. The maximum absolute atomic E-state index is 10.6. The van der Waals surface area contributed by atoms with E-state index in [0.717, 1.165) is 12.1 Å². The third-order valence-electron chi connectivity index (χ3n) is 3.66. The second kappa shape index (κ2) is 5.18. The normalized spacial score (nSPS) is 23.1. The van der Waals surface area contributed by atoms with Crippen molar-refractivity contribution in [3.8, 4) is 5.88 Å². The van der Waals surface area contributed by atoms with Crippen molar-refractivity contribution in [2.75, 3.05) is 20.2 Å². The molecule has 1 unspecified atom stereocenters. The molecule has 0 bridgehead atoms. The average molecular weight is 275 g/mol. The molecular weight excluding hydrogens is 258 g/mol. The van der Waals surface area contributed by atoms with Gasteiger partial charge in [-0.2, -0.15) is 15.4 Å². The van der Waals surface area contributed by atoms with Gasteiger partial charge < -0.3 is 9.84 Å². The molecule has 2 aromatic rings. The monoisotopic (exact) mass is 275 g/mol. The third-order valence-corrected chi connectivity index (χ3v) is 3.66. The van der Waals surface area contributed by atoms with E-state index in [2.05, 4.69) is 25.3 Å². The van der Waals surface area contributed by atoms with Crippen molar-refractivity contribution in [1.82, 2.24) is 25.3 Å². The van der Waals surface area contributed by atoms with E-state index in [-0.39, 0.29) is 0 Å². The van der Waals surface area contributed by atoms with Crippen LogP contribution in [-0.4, -0.2) is 50.6 Å². The van der Waals surface area contributed by atoms with Crippen LogP contribution in [0.2, 0.25) is 0 Å². The molecule has 7 heteroatoms. The van der Waals surface area contributed by atoms with E-state index < -0.39 is 5.60 Å². The zero-order valence-corrected chi connectivity index (χ0v) is 11.3. The highest BCUT2D eigenvalue weighted by molar-refractivity contribution is 5.25. The molecule has 1 aliphatic heterocycles. The predicted molar refractivity (Wildman–Crippen MR) is 71.0 cm³/mol. The van der Waals surface area contributed by atoms with Gasteiger partial charge in [0.05, 0.1) is 13.3 Å². The molecule has 0 aromatic carbocycles. The molecular formula is C13H17N5O2.